The third kappa shape index (κ3) is 3.89. The highest BCUT2D eigenvalue weighted by Gasteiger charge is 2.27. The highest BCUT2D eigenvalue weighted by atomic mass is 16.5. The maximum absolute atomic E-state index is 9.27. The zero-order valence-corrected chi connectivity index (χ0v) is 13.5. The number of aliphatic hydroxyl groups is 1. The maximum Gasteiger partial charge on any atom is 0.0469 e. The van der Waals surface area contributed by atoms with Gasteiger partial charge in [0.05, 0.1) is 0 Å². The minimum absolute atomic E-state index is 0.290. The lowest BCUT2D eigenvalue weighted by Gasteiger charge is -2.38. The number of nitrogens with zero attached hydrogens (tertiary/aromatic N) is 1. The molecule has 1 aliphatic heterocycles. The third-order valence-corrected chi connectivity index (χ3v) is 5.22. The average Bonchev–Trinajstić information content (AvgIpc) is 2.59. The van der Waals surface area contributed by atoms with Gasteiger partial charge in [-0.1, -0.05) is 24.3 Å². The van der Waals surface area contributed by atoms with Crippen LogP contribution >= 0.6 is 0 Å². The van der Waals surface area contributed by atoms with E-state index in [1.807, 2.05) is 0 Å². The molecule has 0 spiro atoms. The van der Waals surface area contributed by atoms with E-state index in [-0.39, 0.29) is 0 Å². The van der Waals surface area contributed by atoms with Crippen molar-refractivity contribution in [3.8, 4) is 0 Å². The van der Waals surface area contributed by atoms with Crippen LogP contribution in [-0.4, -0.2) is 42.9 Å². The van der Waals surface area contributed by atoms with Gasteiger partial charge >= 0.3 is 0 Å². The van der Waals surface area contributed by atoms with Crippen molar-refractivity contribution in [1.29, 1.82) is 0 Å². The van der Waals surface area contributed by atoms with Gasteiger partial charge in [-0.15, -0.1) is 0 Å². The SMILES string of the molecule is OCCCN(CC1CCOCC1)C1CCCc2ccccc21. The molecule has 1 N–H and O–H groups in total. The molecule has 2 aliphatic rings. The Kier molecular flexibility index (Phi) is 5.88. The number of ether oxygens (including phenoxy) is 1. The summed E-state index contributed by atoms with van der Waals surface area (Å²) in [6.07, 6.45) is 7.00. The van der Waals surface area contributed by atoms with E-state index >= 15 is 0 Å². The first-order chi connectivity index (χ1) is 10.9. The topological polar surface area (TPSA) is 32.7 Å². The van der Waals surface area contributed by atoms with Crippen LogP contribution in [0.2, 0.25) is 0 Å². The van der Waals surface area contributed by atoms with Crippen molar-refractivity contribution in [2.75, 3.05) is 32.9 Å². The van der Waals surface area contributed by atoms with Gasteiger partial charge in [0.25, 0.3) is 0 Å². The van der Waals surface area contributed by atoms with Gasteiger partial charge in [0.2, 0.25) is 0 Å². The van der Waals surface area contributed by atoms with E-state index in [9.17, 15) is 5.11 Å². The normalized spacial score (nSPS) is 22.7. The number of fused-ring (bicyclic) bond motifs is 1. The van der Waals surface area contributed by atoms with Crippen molar-refractivity contribution < 1.29 is 9.84 Å². The van der Waals surface area contributed by atoms with Gasteiger partial charge in [-0.25, -0.2) is 0 Å². The predicted molar refractivity (Wildman–Crippen MR) is 88.9 cm³/mol. The van der Waals surface area contributed by atoms with Gasteiger partial charge in [-0.3, -0.25) is 4.90 Å². The molecular weight excluding hydrogens is 274 g/mol. The van der Waals surface area contributed by atoms with Crippen LogP contribution in [0.4, 0.5) is 0 Å². The summed E-state index contributed by atoms with van der Waals surface area (Å²) in [5, 5.41) is 9.27. The van der Waals surface area contributed by atoms with Gasteiger partial charge in [0, 0.05) is 39.0 Å². The molecule has 1 saturated heterocycles. The average molecular weight is 303 g/mol. The molecule has 0 radical (unpaired) electrons. The lowest BCUT2D eigenvalue weighted by molar-refractivity contribution is 0.0415. The van der Waals surface area contributed by atoms with Crippen molar-refractivity contribution >= 4 is 0 Å². The molecule has 3 heteroatoms. The standard InChI is InChI=1S/C19H29NO2/c21-12-4-11-20(15-16-9-13-22-14-10-16)19-8-3-6-17-5-1-2-7-18(17)19/h1-2,5,7,16,19,21H,3-4,6,8-15H2. The number of hydrogen-bond acceptors (Lipinski definition) is 3. The quantitative estimate of drug-likeness (QED) is 0.876. The van der Waals surface area contributed by atoms with Gasteiger partial charge in [-0.2, -0.15) is 0 Å². The van der Waals surface area contributed by atoms with E-state index in [4.69, 9.17) is 4.74 Å². The van der Waals surface area contributed by atoms with Gasteiger partial charge in [0.1, 0.15) is 0 Å². The summed E-state index contributed by atoms with van der Waals surface area (Å²) in [7, 11) is 0. The molecule has 3 rings (SSSR count). The first-order valence-electron chi connectivity index (χ1n) is 8.89. The second-order valence-electron chi connectivity index (χ2n) is 6.73. The number of aliphatic hydroxyl groups excluding tert-OH is 1. The molecule has 3 nitrogen and oxygen atoms in total. The Labute approximate surface area is 134 Å². The monoisotopic (exact) mass is 303 g/mol. The Balaban J connectivity index is 1.73. The number of rotatable bonds is 6. The largest absolute Gasteiger partial charge is 0.396 e. The predicted octanol–water partition coefficient (Wildman–Crippen LogP) is 3.18. The zero-order chi connectivity index (χ0) is 15.2. The molecule has 1 atom stereocenters. The van der Waals surface area contributed by atoms with E-state index in [1.54, 1.807) is 0 Å². The molecule has 22 heavy (non-hydrogen) atoms. The molecule has 122 valence electrons. The van der Waals surface area contributed by atoms with Crippen LogP contribution in [0.25, 0.3) is 0 Å². The molecule has 1 aliphatic carbocycles. The molecule has 1 heterocycles. The Bertz CT molecular complexity index is 457. The second-order valence-corrected chi connectivity index (χ2v) is 6.73. The Morgan fingerprint density at radius 1 is 1.14 bits per heavy atom. The summed E-state index contributed by atoms with van der Waals surface area (Å²) in [5.74, 6) is 0.751. The van der Waals surface area contributed by atoms with E-state index in [2.05, 4.69) is 29.2 Å². The van der Waals surface area contributed by atoms with E-state index in [0.29, 0.717) is 12.6 Å². The minimum Gasteiger partial charge on any atom is -0.396 e. The smallest absolute Gasteiger partial charge is 0.0469 e. The van der Waals surface area contributed by atoms with Gasteiger partial charge < -0.3 is 9.84 Å². The summed E-state index contributed by atoms with van der Waals surface area (Å²) >= 11 is 0. The Hall–Kier alpha value is -0.900. The molecule has 1 aromatic carbocycles. The molecule has 1 unspecified atom stereocenters. The first-order valence-corrected chi connectivity index (χ1v) is 8.89. The van der Waals surface area contributed by atoms with Crippen LogP contribution in [0.15, 0.2) is 24.3 Å². The lowest BCUT2D eigenvalue weighted by atomic mass is 9.86. The Morgan fingerprint density at radius 2 is 1.95 bits per heavy atom. The van der Waals surface area contributed by atoms with Crippen molar-refractivity contribution in [2.45, 2.75) is 44.6 Å². The molecule has 0 saturated carbocycles. The molecule has 1 aromatic rings. The lowest BCUT2D eigenvalue weighted by Crippen LogP contribution is -2.37. The van der Waals surface area contributed by atoms with Crippen molar-refractivity contribution in [1.82, 2.24) is 4.90 Å². The van der Waals surface area contributed by atoms with Gasteiger partial charge in [0.15, 0.2) is 0 Å². The number of aryl methyl sites for hydroxylation is 1. The molecule has 0 bridgehead atoms. The van der Waals surface area contributed by atoms with E-state index in [1.165, 1.54) is 43.2 Å². The highest BCUT2D eigenvalue weighted by Crippen LogP contribution is 2.35. The molecular formula is C19H29NO2. The van der Waals surface area contributed by atoms with Crippen LogP contribution in [0.5, 0.6) is 0 Å². The van der Waals surface area contributed by atoms with Crippen LogP contribution < -0.4 is 0 Å². The van der Waals surface area contributed by atoms with Crippen molar-refractivity contribution in [2.24, 2.45) is 5.92 Å². The second kappa shape index (κ2) is 8.09. The van der Waals surface area contributed by atoms with Gasteiger partial charge in [-0.05, 0) is 55.6 Å². The van der Waals surface area contributed by atoms with E-state index < -0.39 is 0 Å². The van der Waals surface area contributed by atoms with E-state index in [0.717, 1.165) is 38.6 Å². The summed E-state index contributed by atoms with van der Waals surface area (Å²) in [5.41, 5.74) is 3.05. The minimum atomic E-state index is 0.290. The van der Waals surface area contributed by atoms with Crippen LogP contribution in [0.3, 0.4) is 0 Å². The number of hydrogen-bond donors (Lipinski definition) is 1. The fourth-order valence-corrected chi connectivity index (χ4v) is 4.02. The molecule has 0 amide bonds. The number of benzene rings is 1. The summed E-state index contributed by atoms with van der Waals surface area (Å²) in [6, 6.07) is 9.49. The first kappa shape index (κ1) is 16.0. The highest BCUT2D eigenvalue weighted by molar-refractivity contribution is 5.32. The van der Waals surface area contributed by atoms with Crippen LogP contribution in [0, 0.1) is 5.92 Å². The molecule has 1 fully saturated rings. The molecule has 0 aromatic heterocycles. The van der Waals surface area contributed by atoms with Crippen LogP contribution in [0.1, 0.15) is 49.3 Å². The zero-order valence-electron chi connectivity index (χ0n) is 13.5. The summed E-state index contributed by atoms with van der Waals surface area (Å²) in [6.45, 7) is 4.29. The maximum atomic E-state index is 9.27. The summed E-state index contributed by atoms with van der Waals surface area (Å²) in [4.78, 5) is 2.64. The van der Waals surface area contributed by atoms with Crippen LogP contribution in [-0.2, 0) is 11.2 Å². The fourth-order valence-electron chi connectivity index (χ4n) is 4.02. The van der Waals surface area contributed by atoms with Crippen molar-refractivity contribution in [3.05, 3.63) is 35.4 Å². The summed E-state index contributed by atoms with van der Waals surface area (Å²) < 4.78 is 5.51. The third-order valence-electron chi connectivity index (χ3n) is 5.22. The Morgan fingerprint density at radius 3 is 2.77 bits per heavy atom. The fraction of sp³-hybridized carbons (Fsp3) is 0.684. The van der Waals surface area contributed by atoms with Crippen molar-refractivity contribution in [3.63, 3.8) is 0 Å².